The van der Waals surface area contributed by atoms with Crippen molar-refractivity contribution in [1.29, 1.82) is 0 Å². The van der Waals surface area contributed by atoms with Gasteiger partial charge in [-0.05, 0) is 11.8 Å². The van der Waals surface area contributed by atoms with Crippen molar-refractivity contribution in [3.8, 4) is 0 Å². The SMILES string of the molecule is CSc1ncc(CO)c(NCc2ccccc2)n1. The van der Waals surface area contributed by atoms with Gasteiger partial charge in [0.25, 0.3) is 0 Å². The molecule has 0 fully saturated rings. The van der Waals surface area contributed by atoms with Gasteiger partial charge in [-0.3, -0.25) is 0 Å². The quantitative estimate of drug-likeness (QED) is 0.639. The maximum atomic E-state index is 9.25. The topological polar surface area (TPSA) is 58.0 Å². The van der Waals surface area contributed by atoms with E-state index in [0.29, 0.717) is 23.1 Å². The van der Waals surface area contributed by atoms with Crippen LogP contribution in [0.3, 0.4) is 0 Å². The summed E-state index contributed by atoms with van der Waals surface area (Å²) in [4.78, 5) is 8.49. The van der Waals surface area contributed by atoms with Crippen LogP contribution in [0.4, 0.5) is 5.82 Å². The van der Waals surface area contributed by atoms with Crippen LogP contribution in [0.5, 0.6) is 0 Å². The fourth-order valence-corrected chi connectivity index (χ4v) is 1.88. The summed E-state index contributed by atoms with van der Waals surface area (Å²) < 4.78 is 0. The largest absolute Gasteiger partial charge is 0.391 e. The maximum absolute atomic E-state index is 9.25. The Morgan fingerprint density at radius 1 is 1.28 bits per heavy atom. The van der Waals surface area contributed by atoms with Crippen LogP contribution in [-0.2, 0) is 13.2 Å². The smallest absolute Gasteiger partial charge is 0.189 e. The molecule has 0 spiro atoms. The van der Waals surface area contributed by atoms with E-state index in [0.717, 1.165) is 0 Å². The maximum Gasteiger partial charge on any atom is 0.189 e. The van der Waals surface area contributed by atoms with E-state index in [4.69, 9.17) is 0 Å². The number of aliphatic hydroxyl groups is 1. The van der Waals surface area contributed by atoms with Crippen LogP contribution in [0.15, 0.2) is 41.7 Å². The van der Waals surface area contributed by atoms with E-state index < -0.39 is 0 Å². The molecule has 0 saturated heterocycles. The van der Waals surface area contributed by atoms with Crippen molar-refractivity contribution in [2.24, 2.45) is 0 Å². The molecule has 2 rings (SSSR count). The van der Waals surface area contributed by atoms with Crippen molar-refractivity contribution in [3.05, 3.63) is 47.7 Å². The predicted molar refractivity (Wildman–Crippen MR) is 73.5 cm³/mol. The molecule has 4 nitrogen and oxygen atoms in total. The van der Waals surface area contributed by atoms with Crippen molar-refractivity contribution >= 4 is 17.6 Å². The first-order valence-corrected chi connectivity index (χ1v) is 6.84. The summed E-state index contributed by atoms with van der Waals surface area (Å²) in [6.07, 6.45) is 3.58. The zero-order valence-corrected chi connectivity index (χ0v) is 10.9. The van der Waals surface area contributed by atoms with Crippen LogP contribution < -0.4 is 5.32 Å². The van der Waals surface area contributed by atoms with Crippen LogP contribution in [-0.4, -0.2) is 21.3 Å². The minimum atomic E-state index is -0.0637. The number of hydrogen-bond donors (Lipinski definition) is 2. The summed E-state index contributed by atoms with van der Waals surface area (Å²) in [5, 5.41) is 13.2. The minimum absolute atomic E-state index is 0.0637. The summed E-state index contributed by atoms with van der Waals surface area (Å²) in [7, 11) is 0. The molecule has 2 aromatic rings. The molecule has 94 valence electrons. The normalized spacial score (nSPS) is 10.3. The van der Waals surface area contributed by atoms with E-state index in [-0.39, 0.29) is 6.61 Å². The van der Waals surface area contributed by atoms with Gasteiger partial charge in [0.05, 0.1) is 6.61 Å². The van der Waals surface area contributed by atoms with Crippen molar-refractivity contribution in [1.82, 2.24) is 9.97 Å². The Labute approximate surface area is 110 Å². The third-order valence-corrected chi connectivity index (χ3v) is 3.06. The van der Waals surface area contributed by atoms with Crippen LogP contribution >= 0.6 is 11.8 Å². The molecular formula is C13H15N3OS. The van der Waals surface area contributed by atoms with Crippen molar-refractivity contribution in [2.75, 3.05) is 11.6 Å². The summed E-state index contributed by atoms with van der Waals surface area (Å²) >= 11 is 1.48. The lowest BCUT2D eigenvalue weighted by atomic mass is 10.2. The molecule has 2 N–H and O–H groups in total. The van der Waals surface area contributed by atoms with Crippen molar-refractivity contribution in [2.45, 2.75) is 18.3 Å². The molecule has 1 aromatic carbocycles. The first-order chi connectivity index (χ1) is 8.83. The van der Waals surface area contributed by atoms with E-state index in [1.54, 1.807) is 6.20 Å². The number of nitrogens with one attached hydrogen (secondary N) is 1. The average molecular weight is 261 g/mol. The lowest BCUT2D eigenvalue weighted by Crippen LogP contribution is -2.06. The molecule has 0 bridgehead atoms. The van der Waals surface area contributed by atoms with Crippen LogP contribution in [0, 0.1) is 0 Å². The lowest BCUT2D eigenvalue weighted by molar-refractivity contribution is 0.281. The number of hydrogen-bond acceptors (Lipinski definition) is 5. The monoisotopic (exact) mass is 261 g/mol. The van der Waals surface area contributed by atoms with Crippen molar-refractivity contribution in [3.63, 3.8) is 0 Å². The molecule has 1 heterocycles. The summed E-state index contributed by atoms with van der Waals surface area (Å²) in [5.41, 5.74) is 1.88. The zero-order chi connectivity index (χ0) is 12.8. The number of aliphatic hydroxyl groups excluding tert-OH is 1. The van der Waals surface area contributed by atoms with Gasteiger partial charge in [-0.2, -0.15) is 0 Å². The second kappa shape index (κ2) is 6.37. The Morgan fingerprint density at radius 3 is 2.72 bits per heavy atom. The third-order valence-electron chi connectivity index (χ3n) is 2.50. The van der Waals surface area contributed by atoms with Crippen LogP contribution in [0.25, 0.3) is 0 Å². The molecule has 0 amide bonds. The van der Waals surface area contributed by atoms with Gasteiger partial charge >= 0.3 is 0 Å². The molecule has 1 aromatic heterocycles. The third kappa shape index (κ3) is 3.21. The average Bonchev–Trinajstić information content (AvgIpc) is 2.45. The van der Waals surface area contributed by atoms with E-state index >= 15 is 0 Å². The van der Waals surface area contributed by atoms with E-state index in [2.05, 4.69) is 15.3 Å². The predicted octanol–water partition coefficient (Wildman–Crippen LogP) is 2.30. The second-order valence-corrected chi connectivity index (χ2v) is 4.50. The Morgan fingerprint density at radius 2 is 2.06 bits per heavy atom. The number of anilines is 1. The highest BCUT2D eigenvalue weighted by molar-refractivity contribution is 7.98. The number of benzene rings is 1. The molecule has 18 heavy (non-hydrogen) atoms. The van der Waals surface area contributed by atoms with Gasteiger partial charge in [0.2, 0.25) is 0 Å². The van der Waals surface area contributed by atoms with E-state index in [1.807, 2.05) is 36.6 Å². The van der Waals surface area contributed by atoms with Gasteiger partial charge in [-0.15, -0.1) is 0 Å². The molecule has 0 aliphatic carbocycles. The Kier molecular flexibility index (Phi) is 4.55. The summed E-state index contributed by atoms with van der Waals surface area (Å²) in [6.45, 7) is 0.616. The Hall–Kier alpha value is -1.59. The zero-order valence-electron chi connectivity index (χ0n) is 10.1. The van der Waals surface area contributed by atoms with E-state index in [1.165, 1.54) is 17.3 Å². The molecule has 5 heteroatoms. The molecule has 0 saturated carbocycles. The molecule has 0 aliphatic heterocycles. The highest BCUT2D eigenvalue weighted by atomic mass is 32.2. The van der Waals surface area contributed by atoms with Gasteiger partial charge in [-0.25, -0.2) is 9.97 Å². The van der Waals surface area contributed by atoms with Gasteiger partial charge in [0.15, 0.2) is 5.16 Å². The van der Waals surface area contributed by atoms with Gasteiger partial charge in [0, 0.05) is 18.3 Å². The Balaban J connectivity index is 2.12. The van der Waals surface area contributed by atoms with E-state index in [9.17, 15) is 5.11 Å². The second-order valence-electron chi connectivity index (χ2n) is 3.73. The minimum Gasteiger partial charge on any atom is -0.391 e. The Bertz CT molecular complexity index is 505. The summed E-state index contributed by atoms with van der Waals surface area (Å²) in [6, 6.07) is 10.1. The van der Waals surface area contributed by atoms with Gasteiger partial charge in [0.1, 0.15) is 5.82 Å². The summed E-state index contributed by atoms with van der Waals surface area (Å²) in [5.74, 6) is 0.695. The molecule has 0 atom stereocenters. The number of rotatable bonds is 5. The highest BCUT2D eigenvalue weighted by Crippen LogP contribution is 2.17. The highest BCUT2D eigenvalue weighted by Gasteiger charge is 2.05. The number of nitrogens with zero attached hydrogens (tertiary/aromatic N) is 2. The molecular weight excluding hydrogens is 246 g/mol. The van der Waals surface area contributed by atoms with Gasteiger partial charge in [-0.1, -0.05) is 42.1 Å². The van der Waals surface area contributed by atoms with Crippen LogP contribution in [0.2, 0.25) is 0 Å². The molecule has 0 aliphatic rings. The first kappa shape index (κ1) is 12.9. The van der Waals surface area contributed by atoms with Crippen LogP contribution in [0.1, 0.15) is 11.1 Å². The standard InChI is InChI=1S/C13H15N3OS/c1-18-13-15-8-11(9-17)12(16-13)14-7-10-5-3-2-4-6-10/h2-6,8,17H,7,9H2,1H3,(H,14,15,16). The number of aromatic nitrogens is 2. The fourth-order valence-electron chi connectivity index (χ4n) is 1.54. The lowest BCUT2D eigenvalue weighted by Gasteiger charge is -2.10. The number of thioether (sulfide) groups is 1. The molecule has 0 radical (unpaired) electrons. The molecule has 0 unspecified atom stereocenters. The fraction of sp³-hybridized carbons (Fsp3) is 0.231. The van der Waals surface area contributed by atoms with Gasteiger partial charge < -0.3 is 10.4 Å². The first-order valence-electron chi connectivity index (χ1n) is 5.62. The van der Waals surface area contributed by atoms with Crippen molar-refractivity contribution < 1.29 is 5.11 Å².